The number of morpholine rings is 1. The van der Waals surface area contributed by atoms with Crippen molar-refractivity contribution in [3.63, 3.8) is 0 Å². The summed E-state index contributed by atoms with van der Waals surface area (Å²) in [6.45, 7) is 5.29. The zero-order valence-electron chi connectivity index (χ0n) is 14.4. The van der Waals surface area contributed by atoms with Crippen molar-refractivity contribution in [2.75, 3.05) is 18.4 Å². The quantitative estimate of drug-likeness (QED) is 0.938. The smallest absolute Gasteiger partial charge is 0.228 e. The fourth-order valence-electron chi connectivity index (χ4n) is 4.37. The molecular weight excluding hydrogens is 312 g/mol. The Hall–Kier alpha value is -2.17. The van der Waals surface area contributed by atoms with Gasteiger partial charge in [0.2, 0.25) is 5.91 Å². The Morgan fingerprint density at radius 3 is 2.80 bits per heavy atom. The number of ether oxygens (including phenoxy) is 1. The predicted molar refractivity (Wildman–Crippen MR) is 97.5 cm³/mol. The van der Waals surface area contributed by atoms with E-state index in [-0.39, 0.29) is 5.91 Å². The summed E-state index contributed by atoms with van der Waals surface area (Å²) in [5, 5.41) is 2.91. The predicted octanol–water partition coefficient (Wildman–Crippen LogP) is 3.13. The Morgan fingerprint density at radius 1 is 1.20 bits per heavy atom. The minimum absolute atomic E-state index is 0.0866. The molecular formula is C21H22N2O2. The van der Waals surface area contributed by atoms with E-state index >= 15 is 0 Å². The second kappa shape index (κ2) is 5.68. The second-order valence-corrected chi connectivity index (χ2v) is 7.50. The summed E-state index contributed by atoms with van der Waals surface area (Å²) in [6.07, 6.45) is 2.61. The number of hydrogen-bond acceptors (Lipinski definition) is 3. The van der Waals surface area contributed by atoms with E-state index in [0.717, 1.165) is 30.9 Å². The number of piperidine rings is 1. The van der Waals surface area contributed by atoms with Crippen LogP contribution in [-0.2, 0) is 22.5 Å². The van der Waals surface area contributed by atoms with Crippen LogP contribution in [0.4, 0.5) is 5.69 Å². The average Bonchev–Trinajstić information content (AvgIpc) is 2.95. The zero-order chi connectivity index (χ0) is 17.0. The third-order valence-electron chi connectivity index (χ3n) is 5.72. The SMILES string of the molecule is Cc1c(CN2CC3CC(C2)O3)cccc1-c1ccc2c(c1)CC(=O)N2. The van der Waals surface area contributed by atoms with Crippen molar-refractivity contribution < 1.29 is 9.53 Å². The Labute approximate surface area is 147 Å². The maximum atomic E-state index is 11.6. The molecule has 25 heavy (non-hydrogen) atoms. The largest absolute Gasteiger partial charge is 0.372 e. The van der Waals surface area contributed by atoms with Crippen LogP contribution >= 0.6 is 0 Å². The van der Waals surface area contributed by atoms with Gasteiger partial charge in [0, 0.05) is 31.7 Å². The van der Waals surface area contributed by atoms with Crippen molar-refractivity contribution in [1.29, 1.82) is 0 Å². The van der Waals surface area contributed by atoms with Crippen molar-refractivity contribution in [3.8, 4) is 11.1 Å². The lowest BCUT2D eigenvalue weighted by atomic mass is 9.93. The molecule has 2 bridgehead atoms. The van der Waals surface area contributed by atoms with E-state index < -0.39 is 0 Å². The number of carbonyl (C=O) groups is 1. The minimum atomic E-state index is 0.0866. The Bertz CT molecular complexity index is 845. The van der Waals surface area contributed by atoms with Gasteiger partial charge in [0.05, 0.1) is 18.6 Å². The number of carbonyl (C=O) groups excluding carboxylic acids is 1. The molecule has 4 aliphatic heterocycles. The standard InChI is InChI=1S/C21H22N2O2/c1-13-15(10-23-11-17-9-18(12-23)25-17)3-2-4-19(13)14-5-6-20-16(7-14)8-21(24)22-20/h2-7,17-18H,8-12H2,1H3,(H,22,24). The maximum Gasteiger partial charge on any atom is 0.228 e. The van der Waals surface area contributed by atoms with Gasteiger partial charge in [-0.15, -0.1) is 0 Å². The molecule has 2 atom stereocenters. The second-order valence-electron chi connectivity index (χ2n) is 7.50. The summed E-state index contributed by atoms with van der Waals surface area (Å²) in [5.74, 6) is 0.0866. The van der Waals surface area contributed by atoms with E-state index in [1.165, 1.54) is 28.7 Å². The number of rotatable bonds is 3. The first-order chi connectivity index (χ1) is 12.2. The molecule has 3 saturated heterocycles. The van der Waals surface area contributed by atoms with E-state index in [4.69, 9.17) is 4.74 Å². The molecule has 4 aliphatic rings. The van der Waals surface area contributed by atoms with Gasteiger partial charge in [0.15, 0.2) is 0 Å². The Balaban J connectivity index is 1.43. The topological polar surface area (TPSA) is 41.6 Å². The molecule has 4 heterocycles. The van der Waals surface area contributed by atoms with Gasteiger partial charge in [-0.1, -0.05) is 24.3 Å². The highest BCUT2D eigenvalue weighted by Gasteiger charge is 2.38. The van der Waals surface area contributed by atoms with Crippen molar-refractivity contribution in [3.05, 3.63) is 53.1 Å². The first-order valence-corrected chi connectivity index (χ1v) is 9.05. The molecule has 2 unspecified atom stereocenters. The monoisotopic (exact) mass is 334 g/mol. The molecule has 6 rings (SSSR count). The molecule has 1 N–H and O–H groups in total. The number of benzene rings is 2. The molecule has 0 aromatic heterocycles. The highest BCUT2D eigenvalue weighted by molar-refractivity contribution is 5.99. The third-order valence-corrected chi connectivity index (χ3v) is 5.72. The van der Waals surface area contributed by atoms with E-state index in [2.05, 4.69) is 47.5 Å². The molecule has 128 valence electrons. The normalized spacial score (nSPS) is 24.6. The van der Waals surface area contributed by atoms with Crippen LogP contribution in [0.3, 0.4) is 0 Å². The van der Waals surface area contributed by atoms with Gasteiger partial charge in [-0.25, -0.2) is 0 Å². The molecule has 1 amide bonds. The van der Waals surface area contributed by atoms with E-state index in [1.54, 1.807) is 0 Å². The van der Waals surface area contributed by atoms with Gasteiger partial charge in [0.1, 0.15) is 0 Å². The van der Waals surface area contributed by atoms with Gasteiger partial charge >= 0.3 is 0 Å². The van der Waals surface area contributed by atoms with Crippen molar-refractivity contribution >= 4 is 11.6 Å². The van der Waals surface area contributed by atoms with Gasteiger partial charge in [-0.3, -0.25) is 9.69 Å². The Kier molecular flexibility index (Phi) is 3.43. The Morgan fingerprint density at radius 2 is 2.00 bits per heavy atom. The summed E-state index contributed by atoms with van der Waals surface area (Å²) in [5.41, 5.74) is 7.22. The molecule has 4 nitrogen and oxygen atoms in total. The minimum Gasteiger partial charge on any atom is -0.372 e. The van der Waals surface area contributed by atoms with Crippen molar-refractivity contribution in [2.24, 2.45) is 0 Å². The van der Waals surface area contributed by atoms with Crippen molar-refractivity contribution in [2.45, 2.75) is 38.5 Å². The molecule has 0 radical (unpaired) electrons. The van der Waals surface area contributed by atoms with Crippen LogP contribution in [0.5, 0.6) is 0 Å². The lowest BCUT2D eigenvalue weighted by molar-refractivity contribution is -0.182. The lowest BCUT2D eigenvalue weighted by Gasteiger charge is -2.47. The summed E-state index contributed by atoms with van der Waals surface area (Å²) in [4.78, 5) is 14.1. The summed E-state index contributed by atoms with van der Waals surface area (Å²) in [7, 11) is 0. The van der Waals surface area contributed by atoms with Gasteiger partial charge < -0.3 is 10.1 Å². The fraction of sp³-hybridized carbons (Fsp3) is 0.381. The number of hydrogen-bond donors (Lipinski definition) is 1. The van der Waals surface area contributed by atoms with Crippen LogP contribution < -0.4 is 5.32 Å². The fourth-order valence-corrected chi connectivity index (χ4v) is 4.37. The summed E-state index contributed by atoms with van der Waals surface area (Å²) < 4.78 is 5.74. The number of fused-ring (bicyclic) bond motifs is 3. The molecule has 2 aromatic rings. The van der Waals surface area contributed by atoms with Crippen LogP contribution in [0.2, 0.25) is 0 Å². The molecule has 4 heteroatoms. The number of amides is 1. The highest BCUT2D eigenvalue weighted by atomic mass is 16.5. The lowest BCUT2D eigenvalue weighted by Crippen LogP contribution is -2.56. The van der Waals surface area contributed by atoms with Crippen LogP contribution in [-0.4, -0.2) is 36.1 Å². The number of anilines is 1. The summed E-state index contributed by atoms with van der Waals surface area (Å²) in [6, 6.07) is 12.9. The average molecular weight is 334 g/mol. The number of nitrogens with one attached hydrogen (secondary N) is 1. The first-order valence-electron chi connectivity index (χ1n) is 9.05. The zero-order valence-corrected chi connectivity index (χ0v) is 14.4. The molecule has 0 spiro atoms. The van der Waals surface area contributed by atoms with Gasteiger partial charge in [0.25, 0.3) is 0 Å². The number of nitrogens with zero attached hydrogens (tertiary/aromatic N) is 1. The van der Waals surface area contributed by atoms with Crippen molar-refractivity contribution in [1.82, 2.24) is 4.90 Å². The van der Waals surface area contributed by atoms with Crippen LogP contribution in [0.15, 0.2) is 36.4 Å². The van der Waals surface area contributed by atoms with Crippen LogP contribution in [0.25, 0.3) is 11.1 Å². The van der Waals surface area contributed by atoms with Crippen LogP contribution in [0, 0.1) is 6.92 Å². The van der Waals surface area contributed by atoms with E-state index in [9.17, 15) is 4.79 Å². The van der Waals surface area contributed by atoms with Crippen LogP contribution in [0.1, 0.15) is 23.1 Å². The van der Waals surface area contributed by atoms with E-state index in [1.807, 2.05) is 6.07 Å². The van der Waals surface area contributed by atoms with Gasteiger partial charge in [-0.2, -0.15) is 0 Å². The molecule has 3 fully saturated rings. The van der Waals surface area contributed by atoms with Gasteiger partial charge in [-0.05, 0) is 46.9 Å². The third kappa shape index (κ3) is 2.66. The molecule has 2 aromatic carbocycles. The molecule has 0 saturated carbocycles. The van der Waals surface area contributed by atoms with E-state index in [0.29, 0.717) is 18.6 Å². The maximum absolute atomic E-state index is 11.6. The molecule has 0 aliphatic carbocycles. The first kappa shape index (κ1) is 15.1. The summed E-state index contributed by atoms with van der Waals surface area (Å²) >= 11 is 0. The highest BCUT2D eigenvalue weighted by Crippen LogP contribution is 2.33.